The molecule has 0 aliphatic heterocycles. The Morgan fingerprint density at radius 1 is 1.06 bits per heavy atom. The molecule has 0 atom stereocenters. The fourth-order valence-corrected chi connectivity index (χ4v) is 3.65. The van der Waals surface area contributed by atoms with Crippen molar-refractivity contribution in [3.63, 3.8) is 0 Å². The van der Waals surface area contributed by atoms with Crippen LogP contribution in [-0.4, -0.2) is 39.5 Å². The van der Waals surface area contributed by atoms with Crippen LogP contribution < -0.4 is 0 Å². The molecule has 100 valence electrons. The van der Waals surface area contributed by atoms with Gasteiger partial charge in [0.15, 0.2) is 8.24 Å². The summed E-state index contributed by atoms with van der Waals surface area (Å²) in [7, 11) is -3.67. The quantitative estimate of drug-likeness (QED) is 0.724. The lowest BCUT2D eigenvalue weighted by molar-refractivity contribution is -0.140. The van der Waals surface area contributed by atoms with Crippen molar-refractivity contribution in [1.82, 2.24) is 4.57 Å². The first kappa shape index (κ1) is 16.4. The lowest BCUT2D eigenvalue weighted by Crippen LogP contribution is -2.52. The van der Waals surface area contributed by atoms with Crippen molar-refractivity contribution in [2.45, 2.75) is 52.6 Å². The Balaban J connectivity index is 4.67. The van der Waals surface area contributed by atoms with Gasteiger partial charge in [-0.3, -0.25) is 9.59 Å². The van der Waals surface area contributed by atoms with Gasteiger partial charge < -0.3 is 8.99 Å². The van der Waals surface area contributed by atoms with Crippen LogP contribution in [0.5, 0.6) is 0 Å². The van der Waals surface area contributed by atoms with E-state index in [0.717, 1.165) is 0 Å². The molecule has 6 heteroatoms. The molecule has 1 amide bonds. The second-order valence-electron chi connectivity index (χ2n) is 6.09. The zero-order valence-corrected chi connectivity index (χ0v) is 14.1. The number of nitrogens with zero attached hydrogens (tertiary/aromatic N) is 1. The van der Waals surface area contributed by atoms with Crippen molar-refractivity contribution in [2.24, 2.45) is 0 Å². The summed E-state index contributed by atoms with van der Waals surface area (Å²) in [6.45, 7) is 14.0. The summed E-state index contributed by atoms with van der Waals surface area (Å²) in [5, 5.41) is 0. The predicted molar refractivity (Wildman–Crippen MR) is 74.8 cm³/mol. The van der Waals surface area contributed by atoms with Crippen LogP contribution in [0.4, 0.5) is 0 Å². The molecule has 0 aromatic rings. The Labute approximate surface area is 107 Å². The van der Waals surface area contributed by atoms with Gasteiger partial charge in [0.2, 0.25) is 14.2 Å². The van der Waals surface area contributed by atoms with Gasteiger partial charge >= 0.3 is 5.97 Å². The summed E-state index contributed by atoms with van der Waals surface area (Å²) in [6.07, 6.45) is 0.435. The summed E-state index contributed by atoms with van der Waals surface area (Å²) in [4.78, 5) is 23.6. The van der Waals surface area contributed by atoms with Crippen LogP contribution in [-0.2, 0) is 14.0 Å². The first-order valence-electron chi connectivity index (χ1n) is 5.99. The number of rotatable bonds is 5. The Bertz CT molecular complexity index is 292. The summed E-state index contributed by atoms with van der Waals surface area (Å²) < 4.78 is 7.10. The molecule has 0 heterocycles. The second kappa shape index (κ2) is 5.81. The van der Waals surface area contributed by atoms with Crippen molar-refractivity contribution in [3.8, 4) is 0 Å². The fraction of sp³-hybridized carbons (Fsp3) is 0.818. The van der Waals surface area contributed by atoms with Crippen LogP contribution in [0.2, 0.25) is 39.3 Å². The molecule has 0 aromatic heterocycles. The number of amides is 1. The Kier molecular flexibility index (Phi) is 5.60. The summed E-state index contributed by atoms with van der Waals surface area (Å²) in [6, 6.07) is 0. The molecule has 0 aliphatic rings. The highest BCUT2D eigenvalue weighted by Crippen LogP contribution is 2.12. The van der Waals surface area contributed by atoms with Crippen LogP contribution in [0.25, 0.3) is 0 Å². The van der Waals surface area contributed by atoms with Gasteiger partial charge in [-0.05, 0) is 19.6 Å². The van der Waals surface area contributed by atoms with E-state index in [-0.39, 0.29) is 18.4 Å². The maximum Gasteiger partial charge on any atom is 0.311 e. The third-order valence-corrected chi connectivity index (χ3v) is 4.99. The average molecular weight is 275 g/mol. The van der Waals surface area contributed by atoms with Crippen LogP contribution in [0.1, 0.15) is 13.3 Å². The standard InChI is InChI=1S/C11H25NO3Si2/c1-8-10(13)12(16(2,3)4)9-11(14)15-17(5,6)7/h8-9H2,1-7H3. The number of hydrogen-bond acceptors (Lipinski definition) is 3. The van der Waals surface area contributed by atoms with Crippen LogP contribution in [0, 0.1) is 0 Å². The molecule has 0 unspecified atom stereocenters. The maximum atomic E-state index is 11.8. The molecule has 0 saturated heterocycles. The molecular formula is C11H25NO3Si2. The third-order valence-electron chi connectivity index (χ3n) is 2.12. The van der Waals surface area contributed by atoms with Gasteiger partial charge in [0.1, 0.15) is 6.54 Å². The summed E-state index contributed by atoms with van der Waals surface area (Å²) >= 11 is 0. The minimum absolute atomic E-state index is 0.0386. The maximum absolute atomic E-state index is 11.8. The van der Waals surface area contributed by atoms with Crippen LogP contribution >= 0.6 is 0 Å². The molecule has 0 aromatic carbocycles. The molecular weight excluding hydrogens is 250 g/mol. The third kappa shape index (κ3) is 6.62. The SMILES string of the molecule is CCC(=O)N(CC(=O)O[Si](C)(C)C)[Si](C)(C)C. The highest BCUT2D eigenvalue weighted by molar-refractivity contribution is 6.75. The number of carbonyl (C=O) groups excluding carboxylic acids is 2. The molecule has 0 radical (unpaired) electrons. The van der Waals surface area contributed by atoms with Gasteiger partial charge in [-0.25, -0.2) is 0 Å². The summed E-state index contributed by atoms with van der Waals surface area (Å²) in [5.74, 6) is -0.231. The largest absolute Gasteiger partial charge is 0.519 e. The highest BCUT2D eigenvalue weighted by atomic mass is 28.4. The Hall–Kier alpha value is -0.626. The lowest BCUT2D eigenvalue weighted by Gasteiger charge is -2.34. The molecule has 17 heavy (non-hydrogen) atoms. The second-order valence-corrected chi connectivity index (χ2v) is 15.4. The van der Waals surface area contributed by atoms with Crippen molar-refractivity contribution in [1.29, 1.82) is 0 Å². The smallest absolute Gasteiger partial charge is 0.311 e. The van der Waals surface area contributed by atoms with Gasteiger partial charge in [0.25, 0.3) is 0 Å². The van der Waals surface area contributed by atoms with Gasteiger partial charge in [0.05, 0.1) is 0 Å². The van der Waals surface area contributed by atoms with E-state index in [1.165, 1.54) is 0 Å². The van der Waals surface area contributed by atoms with Gasteiger partial charge in [-0.2, -0.15) is 0 Å². The Morgan fingerprint density at radius 3 is 1.82 bits per heavy atom. The fourth-order valence-electron chi connectivity index (χ4n) is 1.39. The van der Waals surface area contributed by atoms with Gasteiger partial charge in [-0.1, -0.05) is 26.6 Å². The predicted octanol–water partition coefficient (Wildman–Crippen LogP) is 2.44. The van der Waals surface area contributed by atoms with Crippen molar-refractivity contribution < 1.29 is 14.0 Å². The summed E-state index contributed by atoms with van der Waals surface area (Å²) in [5.41, 5.74) is 0. The van der Waals surface area contributed by atoms with Crippen molar-refractivity contribution >= 4 is 28.4 Å². The average Bonchev–Trinajstić information content (AvgIpc) is 2.08. The van der Waals surface area contributed by atoms with Crippen molar-refractivity contribution in [2.75, 3.05) is 6.54 Å². The van der Waals surface area contributed by atoms with E-state index in [1.807, 2.05) is 26.6 Å². The highest BCUT2D eigenvalue weighted by Gasteiger charge is 2.31. The van der Waals surface area contributed by atoms with Crippen LogP contribution in [0.15, 0.2) is 0 Å². The normalized spacial score (nSPS) is 12.2. The van der Waals surface area contributed by atoms with E-state index < -0.39 is 16.6 Å². The molecule has 0 saturated carbocycles. The first-order valence-corrected chi connectivity index (χ1v) is 12.8. The van der Waals surface area contributed by atoms with Crippen LogP contribution in [0.3, 0.4) is 0 Å². The zero-order chi connectivity index (χ0) is 13.9. The molecule has 0 rings (SSSR count). The van der Waals surface area contributed by atoms with E-state index in [1.54, 1.807) is 4.57 Å². The molecule has 0 fully saturated rings. The van der Waals surface area contributed by atoms with E-state index >= 15 is 0 Å². The minimum atomic E-state index is -1.86. The number of carbonyl (C=O) groups is 2. The van der Waals surface area contributed by atoms with Gasteiger partial charge in [-0.15, -0.1) is 0 Å². The zero-order valence-electron chi connectivity index (χ0n) is 12.1. The monoisotopic (exact) mass is 275 g/mol. The Morgan fingerprint density at radius 2 is 1.53 bits per heavy atom. The van der Waals surface area contributed by atoms with E-state index in [4.69, 9.17) is 4.43 Å². The van der Waals surface area contributed by atoms with Gasteiger partial charge in [0, 0.05) is 6.42 Å². The molecule has 0 spiro atoms. The topological polar surface area (TPSA) is 46.6 Å². The number of hydrogen-bond donors (Lipinski definition) is 0. The van der Waals surface area contributed by atoms with E-state index in [2.05, 4.69) is 19.6 Å². The molecule has 4 nitrogen and oxygen atoms in total. The minimum Gasteiger partial charge on any atom is -0.519 e. The molecule has 0 aliphatic carbocycles. The van der Waals surface area contributed by atoms with Crippen molar-refractivity contribution in [3.05, 3.63) is 0 Å². The molecule has 0 bridgehead atoms. The first-order chi connectivity index (χ1) is 7.47. The lowest BCUT2D eigenvalue weighted by atomic mass is 10.4. The van der Waals surface area contributed by atoms with E-state index in [9.17, 15) is 9.59 Å². The molecule has 0 N–H and O–H groups in total. The van der Waals surface area contributed by atoms with E-state index in [0.29, 0.717) is 6.42 Å².